The first kappa shape index (κ1) is 68.9. The summed E-state index contributed by atoms with van der Waals surface area (Å²) in [4.78, 5) is 74.6. The first-order valence-corrected chi connectivity index (χ1v) is 27.7. The zero-order valence-corrected chi connectivity index (χ0v) is 48.1. The van der Waals surface area contributed by atoms with Crippen molar-refractivity contribution in [1.29, 1.82) is 0 Å². The number of nitro groups is 4. The van der Waals surface area contributed by atoms with Crippen molar-refractivity contribution in [3.63, 3.8) is 0 Å². The molecule has 0 aromatic heterocycles. The summed E-state index contributed by atoms with van der Waals surface area (Å²) in [6.45, 7) is 5.82. The van der Waals surface area contributed by atoms with E-state index in [4.69, 9.17) is 24.1 Å². The zero-order valence-electron chi connectivity index (χ0n) is 44.9. The summed E-state index contributed by atoms with van der Waals surface area (Å²) in [6.07, 6.45) is 0.286. The number of benzene rings is 5. The van der Waals surface area contributed by atoms with E-state index >= 15 is 0 Å². The van der Waals surface area contributed by atoms with Gasteiger partial charge in [-0.2, -0.15) is 9.03 Å². The van der Waals surface area contributed by atoms with Gasteiger partial charge >= 0.3 is 17.9 Å². The first-order chi connectivity index (χ1) is 38.2. The lowest BCUT2D eigenvalue weighted by atomic mass is 10.1. The fraction of sp³-hybridized carbons (Fsp3) is 0.340. The maximum atomic E-state index is 13.3. The lowest BCUT2D eigenvalue weighted by Gasteiger charge is -2.28. The topological polar surface area (TPSA) is 386 Å². The van der Waals surface area contributed by atoms with Crippen molar-refractivity contribution in [2.45, 2.75) is 68.0 Å². The van der Waals surface area contributed by atoms with E-state index in [1.807, 2.05) is 38.1 Å². The second-order valence-electron chi connectivity index (χ2n) is 16.1. The molecule has 5 rings (SSSR count). The average molecular weight is 1240 g/mol. The molecule has 0 amide bonds. The van der Waals surface area contributed by atoms with Gasteiger partial charge in [0.15, 0.2) is 9.79 Å². The molecule has 3 N–H and O–H groups in total. The molecule has 0 aliphatic carbocycles. The van der Waals surface area contributed by atoms with E-state index < -0.39 is 108 Å². The summed E-state index contributed by atoms with van der Waals surface area (Å²) in [5, 5.41) is 57.5. The minimum atomic E-state index is -4.61. The number of aliphatic carboxylic acids is 1. The Morgan fingerprint density at radius 2 is 0.938 bits per heavy atom. The van der Waals surface area contributed by atoms with Crippen molar-refractivity contribution >= 4 is 76.6 Å². The van der Waals surface area contributed by atoms with Crippen LogP contribution < -0.4 is 24.2 Å². The Kier molecular flexibility index (Phi) is 28.4. The number of carboxylic acids is 1. The van der Waals surface area contributed by atoms with Crippen molar-refractivity contribution in [2.75, 3.05) is 54.0 Å². The van der Waals surface area contributed by atoms with Crippen molar-refractivity contribution in [2.24, 2.45) is 0 Å². The molecule has 0 aliphatic heterocycles. The molecule has 5 aromatic carbocycles. The minimum Gasteiger partial charge on any atom is -0.497 e. The summed E-state index contributed by atoms with van der Waals surface area (Å²) >= 11 is 3.15. The number of sulfonamides is 2. The fourth-order valence-electron chi connectivity index (χ4n) is 7.13. The van der Waals surface area contributed by atoms with Crippen LogP contribution >= 0.6 is 15.9 Å². The number of halogens is 1. The molecule has 0 spiro atoms. The Bertz CT molecular complexity index is 3170. The Morgan fingerprint density at radius 1 is 0.568 bits per heavy atom. The highest BCUT2D eigenvalue weighted by Crippen LogP contribution is 2.33. The van der Waals surface area contributed by atoms with Crippen molar-refractivity contribution in [3.8, 4) is 17.2 Å². The number of hydrogen-bond acceptors (Lipinski definition) is 21. The number of methoxy groups -OCH3 is 5. The number of carboxylic acid groups (broad SMARTS) is 1. The number of hydrogen-bond donors (Lipinski definition) is 3. The van der Waals surface area contributed by atoms with Crippen LogP contribution in [0.4, 0.5) is 22.7 Å². The molecule has 3 atom stereocenters. The minimum absolute atomic E-state index is 0.0789. The van der Waals surface area contributed by atoms with Crippen LogP contribution in [0.25, 0.3) is 0 Å². The van der Waals surface area contributed by atoms with Crippen LogP contribution in [0.1, 0.15) is 37.5 Å². The summed E-state index contributed by atoms with van der Waals surface area (Å²) in [7, 11) is -2.51. The van der Waals surface area contributed by atoms with Crippen LogP contribution in [-0.4, -0.2) is 136 Å². The molecule has 31 heteroatoms. The number of rotatable bonds is 25. The van der Waals surface area contributed by atoms with Crippen molar-refractivity contribution in [3.05, 3.63) is 166 Å². The number of likely N-dealkylation sites (N-methyl/N-ethyl adjacent to an activating group) is 2. The molecule has 0 saturated heterocycles. The number of nitrogens with zero attached hydrogens (tertiary/aromatic N) is 5. The van der Waals surface area contributed by atoms with Crippen LogP contribution in [-0.2, 0) is 63.2 Å². The van der Waals surface area contributed by atoms with E-state index in [0.717, 1.165) is 59.4 Å². The zero-order chi connectivity index (χ0) is 61.2. The second-order valence-corrected chi connectivity index (χ2v) is 20.8. The van der Waals surface area contributed by atoms with Gasteiger partial charge in [0.05, 0.1) is 67.4 Å². The van der Waals surface area contributed by atoms with Gasteiger partial charge in [-0.1, -0.05) is 73.1 Å². The largest absolute Gasteiger partial charge is 0.497 e. The number of carbonyl (C=O) groups excluding carboxylic acids is 2. The lowest BCUT2D eigenvalue weighted by molar-refractivity contribution is -0.396. The molecule has 5 aromatic rings. The fourth-order valence-corrected chi connectivity index (χ4v) is 10.2. The monoisotopic (exact) mass is 1240 g/mol. The van der Waals surface area contributed by atoms with E-state index in [9.17, 15) is 71.7 Å². The number of esters is 2. The number of nitro benzene ring substituents is 4. The number of nitrogens with one attached hydrogen (secondary N) is 2. The highest BCUT2D eigenvalue weighted by atomic mass is 79.9. The third kappa shape index (κ3) is 20.7. The number of ether oxygens (including phenoxy) is 5. The molecule has 81 heavy (non-hydrogen) atoms. The lowest BCUT2D eigenvalue weighted by Crippen LogP contribution is -2.46. The Labute approximate surface area is 474 Å². The Balaban J connectivity index is 0.000000425. The molecule has 440 valence electrons. The van der Waals surface area contributed by atoms with Crippen LogP contribution in [0.15, 0.2) is 119 Å². The van der Waals surface area contributed by atoms with Crippen LogP contribution in [0.5, 0.6) is 17.2 Å². The number of non-ortho nitro benzene ring substituents is 2. The van der Waals surface area contributed by atoms with Gasteiger partial charge < -0.3 is 34.1 Å². The molecule has 0 aliphatic rings. The van der Waals surface area contributed by atoms with E-state index in [1.54, 1.807) is 55.6 Å². The molecule has 28 nitrogen and oxygen atoms in total. The van der Waals surface area contributed by atoms with Gasteiger partial charge in [-0.05, 0) is 91.0 Å². The predicted molar refractivity (Wildman–Crippen MR) is 296 cm³/mol. The highest BCUT2D eigenvalue weighted by Gasteiger charge is 2.40. The van der Waals surface area contributed by atoms with Gasteiger partial charge in [0.25, 0.3) is 32.8 Å². The van der Waals surface area contributed by atoms with Gasteiger partial charge in [0.1, 0.15) is 35.4 Å². The van der Waals surface area contributed by atoms with Gasteiger partial charge in [-0.25, -0.2) is 16.8 Å². The summed E-state index contributed by atoms with van der Waals surface area (Å²) in [5.41, 5.74) is -1.12. The molecule has 0 saturated carbocycles. The molecule has 0 heterocycles. The molecular formula is C50H60BrN7O21S2. The van der Waals surface area contributed by atoms with Gasteiger partial charge in [-0.15, -0.1) is 0 Å². The Hall–Kier alpha value is -8.23. The molecular weight excluding hydrogens is 1180 g/mol. The van der Waals surface area contributed by atoms with Gasteiger partial charge in [-0.3, -0.25) is 54.8 Å². The normalized spacial score (nSPS) is 11.9. The van der Waals surface area contributed by atoms with Crippen LogP contribution in [0, 0.1) is 40.5 Å². The standard InChI is InChI=1S/C19H21N3O9S.C17H17N3O9S.C12H17NO3.C2H5Br/c1-4-20(17(19(23)31-3)11-13-5-8-15(30-2)9-6-13)32(28,29)18-10-7-14(21(24)25)12-16(18)22(26)27;1-28-13-6-3-11(4-7-13)9-14(17(21)29-2)18-30(26,27)16-8-5-12(19(22)23)10-15(16)20(24)25;1-3-13-11(12(14)15)8-9-4-6-10(16-2)7-5-9;1-2-3/h5-10,12,17H,4,11H2,1-3H3;3-8,10,14,18H,9H2,1-2H3;4-7,11,13H,3,8H2,1-2H3,(H,14,15);2H2,1H3. The third-order valence-electron chi connectivity index (χ3n) is 11.0. The Morgan fingerprint density at radius 3 is 1.27 bits per heavy atom. The average Bonchev–Trinajstić information content (AvgIpc) is 3.60. The molecule has 0 radical (unpaired) electrons. The van der Waals surface area contributed by atoms with E-state index in [-0.39, 0.29) is 19.4 Å². The maximum absolute atomic E-state index is 13.3. The molecule has 0 bridgehead atoms. The van der Waals surface area contributed by atoms with Crippen molar-refractivity contribution < 1.29 is 79.7 Å². The van der Waals surface area contributed by atoms with E-state index in [2.05, 4.69) is 30.7 Å². The maximum Gasteiger partial charge on any atom is 0.324 e. The summed E-state index contributed by atoms with van der Waals surface area (Å²) < 4.78 is 79.6. The van der Waals surface area contributed by atoms with Crippen LogP contribution in [0.2, 0.25) is 0 Å². The molecule has 0 fully saturated rings. The van der Waals surface area contributed by atoms with E-state index in [0.29, 0.717) is 47.7 Å². The van der Waals surface area contributed by atoms with E-state index in [1.165, 1.54) is 21.1 Å². The summed E-state index contributed by atoms with van der Waals surface area (Å²) in [5.74, 6) is -0.716. The molecule has 3 unspecified atom stereocenters. The number of alkyl halides is 1. The van der Waals surface area contributed by atoms with Crippen LogP contribution in [0.3, 0.4) is 0 Å². The smallest absolute Gasteiger partial charge is 0.324 e. The van der Waals surface area contributed by atoms with Crippen molar-refractivity contribution in [1.82, 2.24) is 14.3 Å². The second kappa shape index (κ2) is 33.4. The highest BCUT2D eigenvalue weighted by molar-refractivity contribution is 9.09. The van der Waals surface area contributed by atoms with Gasteiger partial charge in [0, 0.05) is 24.0 Å². The number of carbonyl (C=O) groups is 3. The third-order valence-corrected chi connectivity index (χ3v) is 14.6. The van der Waals surface area contributed by atoms with Gasteiger partial charge in [0.2, 0.25) is 10.0 Å². The summed E-state index contributed by atoms with van der Waals surface area (Å²) in [6, 6.07) is 21.5. The quantitative estimate of drug-likeness (QED) is 0.0240. The SMILES string of the molecule is CCBr.CCN(C(Cc1ccc(OC)cc1)C(=O)OC)S(=O)(=O)c1ccc([N+](=O)[O-])cc1[N+](=O)[O-].CCNC(Cc1ccc(OC)cc1)C(=O)O.COC(=O)C(Cc1ccc(OC)cc1)NS(=O)(=O)c1ccc([N+](=O)[O-])cc1[N+](=O)[O-]. The predicted octanol–water partition coefficient (Wildman–Crippen LogP) is 6.58. The first-order valence-electron chi connectivity index (χ1n) is 23.7.